The van der Waals surface area contributed by atoms with Crippen LogP contribution < -0.4 is 5.32 Å². The predicted molar refractivity (Wildman–Crippen MR) is 89.2 cm³/mol. The number of ether oxygens (including phenoxy) is 1. The molecule has 7 heteroatoms. The zero-order valence-corrected chi connectivity index (χ0v) is 13.8. The molecule has 3 atom stereocenters. The van der Waals surface area contributed by atoms with Crippen LogP contribution >= 0.6 is 11.3 Å². The van der Waals surface area contributed by atoms with Gasteiger partial charge >= 0.3 is 0 Å². The highest BCUT2D eigenvalue weighted by Crippen LogP contribution is 2.35. The third-order valence-corrected chi connectivity index (χ3v) is 5.51. The van der Waals surface area contributed by atoms with Crippen molar-refractivity contribution in [3.05, 3.63) is 35.0 Å². The van der Waals surface area contributed by atoms with Gasteiger partial charge in [0.2, 0.25) is 5.95 Å². The maximum absolute atomic E-state index is 6.05. The second kappa shape index (κ2) is 6.90. The quantitative estimate of drug-likeness (QED) is 0.903. The van der Waals surface area contributed by atoms with E-state index < -0.39 is 0 Å². The van der Waals surface area contributed by atoms with E-state index >= 15 is 0 Å². The summed E-state index contributed by atoms with van der Waals surface area (Å²) in [5.74, 6) is 1.95. The SMILES string of the molecule is c1cnc(NC[C@H]2OC[C@H]3CN(Cc4nccs4)CC[C@H]32)nc1. The summed E-state index contributed by atoms with van der Waals surface area (Å²) in [6.07, 6.45) is 6.86. The molecular weight excluding hydrogens is 310 g/mol. The van der Waals surface area contributed by atoms with Gasteiger partial charge in [-0.05, 0) is 24.9 Å². The maximum Gasteiger partial charge on any atom is 0.222 e. The number of fused-ring (bicyclic) bond motifs is 1. The van der Waals surface area contributed by atoms with Crippen molar-refractivity contribution in [2.75, 3.05) is 31.6 Å². The van der Waals surface area contributed by atoms with E-state index in [0.717, 1.165) is 32.8 Å². The summed E-state index contributed by atoms with van der Waals surface area (Å²) in [5.41, 5.74) is 0. The van der Waals surface area contributed by atoms with E-state index in [0.29, 0.717) is 17.8 Å². The minimum absolute atomic E-state index is 0.269. The number of likely N-dealkylation sites (tertiary alicyclic amines) is 1. The molecule has 4 heterocycles. The largest absolute Gasteiger partial charge is 0.376 e. The van der Waals surface area contributed by atoms with E-state index in [-0.39, 0.29) is 6.10 Å². The Morgan fingerprint density at radius 1 is 1.26 bits per heavy atom. The number of hydrogen-bond acceptors (Lipinski definition) is 7. The van der Waals surface area contributed by atoms with Crippen molar-refractivity contribution < 1.29 is 4.74 Å². The fourth-order valence-corrected chi connectivity index (χ4v) is 4.28. The highest BCUT2D eigenvalue weighted by Gasteiger charge is 2.40. The van der Waals surface area contributed by atoms with Gasteiger partial charge < -0.3 is 10.1 Å². The lowest BCUT2D eigenvalue weighted by atomic mass is 9.84. The summed E-state index contributed by atoms with van der Waals surface area (Å²) < 4.78 is 6.05. The standard InChI is InChI=1S/C16H21N5OS/c1-3-18-16(19-4-1)20-8-14-13-2-6-21(9-12(13)11-22-14)10-15-17-5-7-23-15/h1,3-5,7,12-14H,2,6,8-11H2,(H,18,19,20)/t12-,13-,14-/m1/s1. The van der Waals surface area contributed by atoms with Crippen LogP contribution in [0.15, 0.2) is 30.0 Å². The van der Waals surface area contributed by atoms with Crippen molar-refractivity contribution in [1.29, 1.82) is 0 Å². The van der Waals surface area contributed by atoms with E-state index in [1.807, 2.05) is 17.6 Å². The Hall–Kier alpha value is -1.57. The van der Waals surface area contributed by atoms with E-state index in [9.17, 15) is 0 Å². The first-order valence-corrected chi connectivity index (χ1v) is 8.99. The monoisotopic (exact) mass is 331 g/mol. The van der Waals surface area contributed by atoms with Crippen LogP contribution in [0.1, 0.15) is 11.4 Å². The van der Waals surface area contributed by atoms with Crippen molar-refractivity contribution in [2.24, 2.45) is 11.8 Å². The number of rotatable bonds is 5. The normalized spacial score (nSPS) is 27.7. The fourth-order valence-electron chi connectivity index (χ4n) is 3.62. The van der Waals surface area contributed by atoms with Crippen LogP contribution in [0.3, 0.4) is 0 Å². The molecule has 0 bridgehead atoms. The molecule has 0 aromatic carbocycles. The van der Waals surface area contributed by atoms with Gasteiger partial charge in [0.25, 0.3) is 0 Å². The van der Waals surface area contributed by atoms with E-state index in [1.54, 1.807) is 23.7 Å². The first-order chi connectivity index (χ1) is 11.4. The third kappa shape index (κ3) is 3.52. The Kier molecular flexibility index (Phi) is 4.50. The van der Waals surface area contributed by atoms with Gasteiger partial charge in [0, 0.05) is 43.0 Å². The lowest BCUT2D eigenvalue weighted by Gasteiger charge is -2.35. The molecule has 0 radical (unpaired) electrons. The number of thiazole rings is 1. The number of nitrogens with zero attached hydrogens (tertiary/aromatic N) is 4. The first kappa shape index (κ1) is 15.0. The number of hydrogen-bond donors (Lipinski definition) is 1. The lowest BCUT2D eigenvalue weighted by molar-refractivity contribution is 0.0946. The summed E-state index contributed by atoms with van der Waals surface area (Å²) >= 11 is 1.74. The molecule has 2 aliphatic heterocycles. The van der Waals surface area contributed by atoms with E-state index in [4.69, 9.17) is 4.74 Å². The summed E-state index contributed by atoms with van der Waals surface area (Å²) in [6, 6.07) is 1.82. The molecule has 2 fully saturated rings. The van der Waals surface area contributed by atoms with Gasteiger partial charge in [0.1, 0.15) is 5.01 Å². The highest BCUT2D eigenvalue weighted by molar-refractivity contribution is 7.09. The van der Waals surface area contributed by atoms with E-state index in [1.165, 1.54) is 11.4 Å². The molecule has 2 aromatic rings. The molecule has 2 saturated heterocycles. The second-order valence-corrected chi connectivity index (χ2v) is 7.18. The molecule has 23 heavy (non-hydrogen) atoms. The number of anilines is 1. The molecule has 0 spiro atoms. The Bertz CT molecular complexity index is 608. The van der Waals surface area contributed by atoms with Gasteiger partial charge in [0.05, 0.1) is 19.3 Å². The van der Waals surface area contributed by atoms with Crippen molar-refractivity contribution in [3.8, 4) is 0 Å². The predicted octanol–water partition coefficient (Wildman–Crippen LogP) is 1.88. The molecule has 0 aliphatic carbocycles. The Balaban J connectivity index is 1.30. The number of piperidine rings is 1. The molecule has 2 aromatic heterocycles. The number of nitrogens with one attached hydrogen (secondary N) is 1. The molecule has 122 valence electrons. The second-order valence-electron chi connectivity index (χ2n) is 6.20. The highest BCUT2D eigenvalue weighted by atomic mass is 32.1. The van der Waals surface area contributed by atoms with Crippen LogP contribution in [-0.4, -0.2) is 52.2 Å². The van der Waals surface area contributed by atoms with Crippen molar-refractivity contribution in [2.45, 2.75) is 19.1 Å². The van der Waals surface area contributed by atoms with Crippen LogP contribution in [0.4, 0.5) is 5.95 Å². The molecule has 4 rings (SSSR count). The summed E-state index contributed by atoms with van der Waals surface area (Å²) in [5, 5.41) is 6.56. The topological polar surface area (TPSA) is 63.2 Å². The van der Waals surface area contributed by atoms with Crippen LogP contribution in [0.25, 0.3) is 0 Å². The van der Waals surface area contributed by atoms with Gasteiger partial charge in [-0.25, -0.2) is 15.0 Å². The van der Waals surface area contributed by atoms with Crippen molar-refractivity contribution in [1.82, 2.24) is 19.9 Å². The van der Waals surface area contributed by atoms with Gasteiger partial charge in [-0.15, -0.1) is 11.3 Å². The van der Waals surface area contributed by atoms with Gasteiger partial charge in [-0.3, -0.25) is 4.90 Å². The minimum atomic E-state index is 0.269. The van der Waals surface area contributed by atoms with Crippen LogP contribution in [0.2, 0.25) is 0 Å². The van der Waals surface area contributed by atoms with Crippen molar-refractivity contribution in [3.63, 3.8) is 0 Å². The zero-order valence-electron chi connectivity index (χ0n) is 13.0. The first-order valence-electron chi connectivity index (χ1n) is 8.12. The van der Waals surface area contributed by atoms with Crippen LogP contribution in [0, 0.1) is 11.8 Å². The average Bonchev–Trinajstić information content (AvgIpc) is 3.23. The fraction of sp³-hybridized carbons (Fsp3) is 0.562. The zero-order chi connectivity index (χ0) is 15.5. The Morgan fingerprint density at radius 3 is 3.00 bits per heavy atom. The molecule has 0 amide bonds. The van der Waals surface area contributed by atoms with Crippen LogP contribution in [-0.2, 0) is 11.3 Å². The average molecular weight is 331 g/mol. The van der Waals surface area contributed by atoms with Crippen molar-refractivity contribution >= 4 is 17.3 Å². The lowest BCUT2D eigenvalue weighted by Crippen LogP contribution is -2.42. The summed E-state index contributed by atoms with van der Waals surface area (Å²) in [7, 11) is 0. The van der Waals surface area contributed by atoms with E-state index in [2.05, 4.69) is 25.2 Å². The molecule has 6 nitrogen and oxygen atoms in total. The maximum atomic E-state index is 6.05. The Labute approximate surface area is 139 Å². The van der Waals surface area contributed by atoms with Gasteiger partial charge in [-0.2, -0.15) is 0 Å². The molecular formula is C16H21N5OS. The molecule has 0 unspecified atom stereocenters. The van der Waals surface area contributed by atoms with Crippen LogP contribution in [0.5, 0.6) is 0 Å². The summed E-state index contributed by atoms with van der Waals surface area (Å²) in [4.78, 5) is 15.3. The summed E-state index contributed by atoms with van der Waals surface area (Å²) in [6.45, 7) is 4.87. The Morgan fingerprint density at radius 2 is 2.17 bits per heavy atom. The third-order valence-electron chi connectivity index (χ3n) is 4.75. The smallest absolute Gasteiger partial charge is 0.222 e. The van der Waals surface area contributed by atoms with Gasteiger partial charge in [0.15, 0.2) is 0 Å². The van der Waals surface area contributed by atoms with Gasteiger partial charge in [-0.1, -0.05) is 0 Å². The minimum Gasteiger partial charge on any atom is -0.376 e. The molecule has 0 saturated carbocycles. The molecule has 2 aliphatic rings. The number of aromatic nitrogens is 3. The molecule has 1 N–H and O–H groups in total.